The molecule has 1 aromatic heterocycles. The molecule has 0 aliphatic carbocycles. The van der Waals surface area contributed by atoms with Gasteiger partial charge in [-0.05, 0) is 57.0 Å². The monoisotopic (exact) mass is 359 g/mol. The molecule has 1 saturated heterocycles. The van der Waals surface area contributed by atoms with E-state index < -0.39 is 0 Å². The van der Waals surface area contributed by atoms with Gasteiger partial charge < -0.3 is 15.0 Å². The Morgan fingerprint density at radius 1 is 1.28 bits per heavy atom. The summed E-state index contributed by atoms with van der Waals surface area (Å²) in [5.41, 5.74) is 1.20. The van der Waals surface area contributed by atoms with Crippen molar-refractivity contribution in [1.29, 1.82) is 0 Å². The predicted molar refractivity (Wildman–Crippen MR) is 101 cm³/mol. The quantitative estimate of drug-likeness (QED) is 0.861. The Morgan fingerprint density at radius 3 is 2.72 bits per heavy atom. The van der Waals surface area contributed by atoms with Crippen LogP contribution in [0.15, 0.2) is 36.5 Å². The molecule has 6 heteroatoms. The van der Waals surface area contributed by atoms with Gasteiger partial charge in [0.2, 0.25) is 0 Å². The summed E-state index contributed by atoms with van der Waals surface area (Å²) < 4.78 is 5.61. The first kappa shape index (κ1) is 17.5. The van der Waals surface area contributed by atoms with Crippen molar-refractivity contribution in [1.82, 2.24) is 4.98 Å². The molecule has 0 unspecified atom stereocenters. The zero-order chi connectivity index (χ0) is 17.8. The Balaban J connectivity index is 1.78. The fraction of sp³-hybridized carbons (Fsp3) is 0.368. The van der Waals surface area contributed by atoms with E-state index in [1.807, 2.05) is 13.8 Å². The van der Waals surface area contributed by atoms with Gasteiger partial charge in [0.15, 0.2) is 0 Å². The number of nitrogens with one attached hydrogen (secondary N) is 1. The van der Waals surface area contributed by atoms with Gasteiger partial charge in [0.05, 0.1) is 16.7 Å². The fourth-order valence-electron chi connectivity index (χ4n) is 2.88. The van der Waals surface area contributed by atoms with E-state index in [0.717, 1.165) is 31.7 Å². The lowest BCUT2D eigenvalue weighted by Gasteiger charge is -2.19. The van der Waals surface area contributed by atoms with Crippen molar-refractivity contribution in [3.05, 3.63) is 47.1 Å². The third kappa shape index (κ3) is 4.23. The van der Waals surface area contributed by atoms with Crippen LogP contribution in [-0.4, -0.2) is 30.1 Å². The molecule has 3 rings (SSSR count). The van der Waals surface area contributed by atoms with E-state index >= 15 is 0 Å². The molecule has 0 radical (unpaired) electrons. The van der Waals surface area contributed by atoms with Crippen molar-refractivity contribution in [2.75, 3.05) is 23.3 Å². The van der Waals surface area contributed by atoms with Crippen LogP contribution in [0.4, 0.5) is 11.5 Å². The second-order valence-electron chi connectivity index (χ2n) is 6.33. The maximum Gasteiger partial charge on any atom is 0.259 e. The summed E-state index contributed by atoms with van der Waals surface area (Å²) >= 11 is 6.24. The molecule has 1 amide bonds. The lowest BCUT2D eigenvalue weighted by Crippen LogP contribution is -2.24. The molecule has 1 aromatic carbocycles. The molecule has 132 valence electrons. The minimum Gasteiger partial charge on any atom is -0.489 e. The Hall–Kier alpha value is -2.27. The van der Waals surface area contributed by atoms with Crippen LogP contribution < -0.4 is 15.0 Å². The second kappa shape index (κ2) is 7.74. The van der Waals surface area contributed by atoms with Crippen molar-refractivity contribution in [2.24, 2.45) is 0 Å². The van der Waals surface area contributed by atoms with Gasteiger partial charge in [0.25, 0.3) is 5.91 Å². The number of hydrogen-bond donors (Lipinski definition) is 1. The first-order chi connectivity index (χ1) is 12.0. The highest BCUT2D eigenvalue weighted by molar-refractivity contribution is 6.32. The fourth-order valence-corrected chi connectivity index (χ4v) is 3.11. The van der Waals surface area contributed by atoms with E-state index in [9.17, 15) is 4.79 Å². The first-order valence-corrected chi connectivity index (χ1v) is 8.90. The molecule has 0 spiro atoms. The molecule has 2 aromatic rings. The van der Waals surface area contributed by atoms with E-state index in [-0.39, 0.29) is 12.0 Å². The Labute approximate surface area is 153 Å². The van der Waals surface area contributed by atoms with Crippen molar-refractivity contribution < 1.29 is 9.53 Å². The molecule has 5 nitrogen and oxygen atoms in total. The maximum absolute atomic E-state index is 12.7. The normalized spacial score (nSPS) is 14.0. The molecule has 1 fully saturated rings. The third-order valence-electron chi connectivity index (χ3n) is 3.99. The molecular weight excluding hydrogens is 338 g/mol. The number of benzene rings is 1. The van der Waals surface area contributed by atoms with Gasteiger partial charge in [0, 0.05) is 25.0 Å². The number of amides is 1. The SMILES string of the molecule is CC(C)Oc1ccc(NC(=O)c2cccnc2N2CCCC2)cc1Cl. The molecule has 0 atom stereocenters. The number of halogens is 1. The lowest BCUT2D eigenvalue weighted by molar-refractivity contribution is 0.102. The van der Waals surface area contributed by atoms with Gasteiger partial charge in [-0.2, -0.15) is 0 Å². The zero-order valence-corrected chi connectivity index (χ0v) is 15.2. The largest absolute Gasteiger partial charge is 0.489 e. The van der Waals surface area contributed by atoms with Gasteiger partial charge in [-0.15, -0.1) is 0 Å². The van der Waals surface area contributed by atoms with Crippen molar-refractivity contribution >= 4 is 29.0 Å². The number of hydrogen-bond acceptors (Lipinski definition) is 4. The number of anilines is 2. The highest BCUT2D eigenvalue weighted by Crippen LogP contribution is 2.29. The number of aromatic nitrogens is 1. The van der Waals surface area contributed by atoms with Gasteiger partial charge in [-0.3, -0.25) is 4.79 Å². The summed E-state index contributed by atoms with van der Waals surface area (Å²) in [6.07, 6.45) is 4.02. The average Bonchev–Trinajstić information content (AvgIpc) is 3.11. The molecular formula is C19H22ClN3O2. The minimum atomic E-state index is -0.191. The van der Waals surface area contributed by atoms with Gasteiger partial charge in [0.1, 0.15) is 11.6 Å². The van der Waals surface area contributed by atoms with Crippen LogP contribution >= 0.6 is 11.6 Å². The Morgan fingerprint density at radius 2 is 2.04 bits per heavy atom. The zero-order valence-electron chi connectivity index (χ0n) is 14.5. The summed E-state index contributed by atoms with van der Waals surface area (Å²) in [4.78, 5) is 19.3. The standard InChI is InChI=1S/C19H22ClN3O2/c1-13(2)25-17-8-7-14(12-16(17)20)22-19(24)15-6-5-9-21-18(15)23-10-3-4-11-23/h5-9,12-13H,3-4,10-11H2,1-2H3,(H,22,24). The predicted octanol–water partition coefficient (Wildman–Crippen LogP) is 4.37. The summed E-state index contributed by atoms with van der Waals surface area (Å²) in [7, 11) is 0. The number of carbonyl (C=O) groups excluding carboxylic acids is 1. The van der Waals surface area contributed by atoms with Crippen molar-refractivity contribution in [3.8, 4) is 5.75 Å². The van der Waals surface area contributed by atoms with Crippen molar-refractivity contribution in [3.63, 3.8) is 0 Å². The van der Waals surface area contributed by atoms with Crippen LogP contribution in [0.5, 0.6) is 5.75 Å². The van der Waals surface area contributed by atoms with E-state index in [1.165, 1.54) is 0 Å². The summed E-state index contributed by atoms with van der Waals surface area (Å²) in [6.45, 7) is 5.75. The highest BCUT2D eigenvalue weighted by atomic mass is 35.5. The van der Waals surface area contributed by atoms with E-state index in [0.29, 0.717) is 22.0 Å². The maximum atomic E-state index is 12.7. The molecule has 25 heavy (non-hydrogen) atoms. The van der Waals surface area contributed by atoms with E-state index in [2.05, 4.69) is 15.2 Å². The van der Waals surface area contributed by atoms with Crippen LogP contribution in [0.3, 0.4) is 0 Å². The molecule has 0 saturated carbocycles. The summed E-state index contributed by atoms with van der Waals surface area (Å²) in [6, 6.07) is 8.83. The number of pyridine rings is 1. The minimum absolute atomic E-state index is 0.0383. The smallest absolute Gasteiger partial charge is 0.259 e. The molecule has 1 aliphatic rings. The Kier molecular flexibility index (Phi) is 5.43. The summed E-state index contributed by atoms with van der Waals surface area (Å²) in [5, 5.41) is 3.37. The van der Waals surface area contributed by atoms with E-state index in [4.69, 9.17) is 16.3 Å². The van der Waals surface area contributed by atoms with Crippen molar-refractivity contribution in [2.45, 2.75) is 32.8 Å². The molecule has 1 aliphatic heterocycles. The van der Waals surface area contributed by atoms with Crippen LogP contribution in [0.1, 0.15) is 37.0 Å². The number of rotatable bonds is 5. The lowest BCUT2D eigenvalue weighted by atomic mass is 10.2. The number of carbonyl (C=O) groups is 1. The van der Waals surface area contributed by atoms with Crippen LogP contribution in [0.2, 0.25) is 5.02 Å². The Bertz CT molecular complexity index is 758. The molecule has 1 N–H and O–H groups in total. The summed E-state index contributed by atoms with van der Waals surface area (Å²) in [5.74, 6) is 1.15. The van der Waals surface area contributed by atoms with Crippen LogP contribution in [-0.2, 0) is 0 Å². The van der Waals surface area contributed by atoms with Gasteiger partial charge >= 0.3 is 0 Å². The van der Waals surface area contributed by atoms with Crippen LogP contribution in [0.25, 0.3) is 0 Å². The highest BCUT2D eigenvalue weighted by Gasteiger charge is 2.20. The second-order valence-corrected chi connectivity index (χ2v) is 6.74. The van der Waals surface area contributed by atoms with E-state index in [1.54, 1.807) is 36.5 Å². The molecule has 0 bridgehead atoms. The number of ether oxygens (including phenoxy) is 1. The van der Waals surface area contributed by atoms with Gasteiger partial charge in [-0.25, -0.2) is 4.98 Å². The number of nitrogens with zero attached hydrogens (tertiary/aromatic N) is 2. The molecule has 2 heterocycles. The topological polar surface area (TPSA) is 54.5 Å². The first-order valence-electron chi connectivity index (χ1n) is 8.52. The third-order valence-corrected chi connectivity index (χ3v) is 4.28. The van der Waals surface area contributed by atoms with Crippen LogP contribution in [0, 0.1) is 0 Å². The average molecular weight is 360 g/mol. The van der Waals surface area contributed by atoms with Gasteiger partial charge in [-0.1, -0.05) is 11.6 Å².